The van der Waals surface area contributed by atoms with Gasteiger partial charge < -0.3 is 9.47 Å². The molecular formula is C26H32N6. The number of dihydropyridines is 1. The lowest BCUT2D eigenvalue weighted by Gasteiger charge is -2.22. The third kappa shape index (κ3) is 4.31. The maximum absolute atomic E-state index is 4.76. The van der Waals surface area contributed by atoms with E-state index in [-0.39, 0.29) is 0 Å². The maximum atomic E-state index is 4.76. The average Bonchev–Trinajstić information content (AvgIpc) is 3.43. The number of hydrogen-bond acceptors (Lipinski definition) is 4. The molecule has 0 N–H and O–H groups in total. The minimum absolute atomic E-state index is 0.481. The summed E-state index contributed by atoms with van der Waals surface area (Å²) in [5.74, 6) is 1.98. The van der Waals surface area contributed by atoms with Gasteiger partial charge in [-0.15, -0.1) is 0 Å². The number of fused-ring (bicyclic) bond motifs is 2. The molecule has 0 radical (unpaired) electrons. The van der Waals surface area contributed by atoms with Crippen molar-refractivity contribution in [2.24, 2.45) is 21.8 Å². The van der Waals surface area contributed by atoms with E-state index in [0.717, 1.165) is 41.3 Å². The summed E-state index contributed by atoms with van der Waals surface area (Å²) in [5.41, 5.74) is 4.83. The van der Waals surface area contributed by atoms with Gasteiger partial charge in [0.2, 0.25) is 0 Å². The summed E-state index contributed by atoms with van der Waals surface area (Å²) in [5, 5.41) is 1.03. The molecule has 2 aliphatic carbocycles. The Kier molecular flexibility index (Phi) is 5.77. The number of hydrogen-bond donors (Lipinski definition) is 0. The molecule has 0 saturated heterocycles. The van der Waals surface area contributed by atoms with Crippen molar-refractivity contribution in [3.8, 4) is 0 Å². The highest BCUT2D eigenvalue weighted by Gasteiger charge is 2.27. The summed E-state index contributed by atoms with van der Waals surface area (Å²) in [6.07, 6.45) is 22.0. The molecule has 1 fully saturated rings. The van der Waals surface area contributed by atoms with Gasteiger partial charge in [-0.2, -0.15) is 0 Å². The number of rotatable bonds is 6. The molecule has 6 nitrogen and oxygen atoms in total. The molecule has 1 saturated carbocycles. The van der Waals surface area contributed by atoms with Crippen molar-refractivity contribution >= 4 is 28.9 Å². The Labute approximate surface area is 190 Å². The zero-order valence-electron chi connectivity index (χ0n) is 19.3. The second kappa shape index (κ2) is 8.85. The zero-order valence-corrected chi connectivity index (χ0v) is 19.3. The molecule has 6 heteroatoms. The van der Waals surface area contributed by atoms with Crippen LogP contribution in [0.1, 0.15) is 51.5 Å². The molecule has 0 spiro atoms. The van der Waals surface area contributed by atoms with E-state index in [0.29, 0.717) is 12.0 Å². The Morgan fingerprint density at radius 3 is 3.03 bits per heavy atom. The molecule has 3 atom stereocenters. The van der Waals surface area contributed by atoms with Crippen molar-refractivity contribution in [2.75, 3.05) is 14.1 Å². The molecule has 3 aliphatic rings. The molecule has 3 unspecified atom stereocenters. The van der Waals surface area contributed by atoms with Crippen molar-refractivity contribution in [3.63, 3.8) is 0 Å². The lowest BCUT2D eigenvalue weighted by atomic mass is 9.88. The second-order valence-electron chi connectivity index (χ2n) is 9.54. The van der Waals surface area contributed by atoms with E-state index in [9.17, 15) is 0 Å². The zero-order chi connectivity index (χ0) is 22.1. The summed E-state index contributed by atoms with van der Waals surface area (Å²) >= 11 is 0. The van der Waals surface area contributed by atoms with Crippen LogP contribution in [0.25, 0.3) is 11.0 Å². The third-order valence-electron chi connectivity index (χ3n) is 6.87. The smallest absolute Gasteiger partial charge is 0.166 e. The van der Waals surface area contributed by atoms with Crippen molar-refractivity contribution < 1.29 is 0 Å². The Balaban J connectivity index is 1.23. The summed E-state index contributed by atoms with van der Waals surface area (Å²) in [6, 6.07) is 2.62. The van der Waals surface area contributed by atoms with E-state index in [4.69, 9.17) is 4.99 Å². The van der Waals surface area contributed by atoms with Crippen LogP contribution >= 0.6 is 0 Å². The van der Waals surface area contributed by atoms with Crippen LogP contribution in [0.3, 0.4) is 0 Å². The van der Waals surface area contributed by atoms with Gasteiger partial charge in [0.1, 0.15) is 12.0 Å². The number of nitrogens with zero attached hydrogens (tertiary/aromatic N) is 6. The van der Waals surface area contributed by atoms with E-state index in [2.05, 4.69) is 63.0 Å². The SMILES string of the molecule is CC1=NC2=CC(CCC3CCC(n4ccc5c(/N=C/N(C)C)ncnc54)C3)=CCC2C=C1. The molecule has 0 amide bonds. The summed E-state index contributed by atoms with van der Waals surface area (Å²) < 4.78 is 2.35. The normalized spacial score (nSPS) is 25.1. The molecule has 1 aliphatic heterocycles. The van der Waals surface area contributed by atoms with Crippen molar-refractivity contribution in [3.05, 3.63) is 54.2 Å². The van der Waals surface area contributed by atoms with Gasteiger partial charge in [-0.05, 0) is 69.6 Å². The highest BCUT2D eigenvalue weighted by atomic mass is 15.1. The first-order chi connectivity index (χ1) is 15.6. The van der Waals surface area contributed by atoms with E-state index >= 15 is 0 Å². The van der Waals surface area contributed by atoms with Gasteiger partial charge in [0.05, 0.1) is 11.7 Å². The van der Waals surface area contributed by atoms with Crippen LogP contribution in [0.4, 0.5) is 5.82 Å². The fourth-order valence-corrected chi connectivity index (χ4v) is 5.18. The Bertz CT molecular complexity index is 1150. The highest BCUT2D eigenvalue weighted by Crippen LogP contribution is 2.40. The van der Waals surface area contributed by atoms with Gasteiger partial charge in [0.25, 0.3) is 0 Å². The van der Waals surface area contributed by atoms with Gasteiger partial charge in [0, 0.05) is 43.7 Å². The Morgan fingerprint density at radius 1 is 1.25 bits per heavy atom. The molecule has 5 rings (SSSR count). The summed E-state index contributed by atoms with van der Waals surface area (Å²) in [6.45, 7) is 2.08. The van der Waals surface area contributed by atoms with Gasteiger partial charge >= 0.3 is 0 Å². The standard InChI is InChI=1S/C26H32N6/c1-18-4-9-21-10-7-20(15-24(21)30-18)6-5-19-8-11-22(14-19)32-13-12-23-25(29-17-31(2)3)27-16-28-26(23)32/h4,7,9,12-13,15-17,19,21-22H,5-6,8,10-11,14H2,1-3H3/b29-17+. The van der Waals surface area contributed by atoms with Crippen LogP contribution < -0.4 is 0 Å². The highest BCUT2D eigenvalue weighted by molar-refractivity contribution is 5.94. The first-order valence-corrected chi connectivity index (χ1v) is 11.7. The van der Waals surface area contributed by atoms with Gasteiger partial charge in [-0.3, -0.25) is 4.99 Å². The Morgan fingerprint density at radius 2 is 2.16 bits per heavy atom. The lowest BCUT2D eigenvalue weighted by molar-refractivity contribution is 0.461. The van der Waals surface area contributed by atoms with Crippen molar-refractivity contribution in [1.82, 2.24) is 19.4 Å². The molecule has 2 aromatic rings. The molecule has 166 valence electrons. The average molecular weight is 429 g/mol. The molecule has 32 heavy (non-hydrogen) atoms. The molecular weight excluding hydrogens is 396 g/mol. The van der Waals surface area contributed by atoms with Crippen LogP contribution in [0, 0.1) is 11.8 Å². The molecule has 3 heterocycles. The molecule has 2 aromatic heterocycles. The third-order valence-corrected chi connectivity index (χ3v) is 6.87. The summed E-state index contributed by atoms with van der Waals surface area (Å²) in [4.78, 5) is 20.2. The van der Waals surface area contributed by atoms with Crippen LogP contribution in [0.2, 0.25) is 0 Å². The minimum Gasteiger partial charge on any atom is -0.369 e. The number of allylic oxidation sites excluding steroid dienone is 5. The summed E-state index contributed by atoms with van der Waals surface area (Å²) in [7, 11) is 3.93. The first kappa shape index (κ1) is 20.9. The predicted octanol–water partition coefficient (Wildman–Crippen LogP) is 5.64. The van der Waals surface area contributed by atoms with Crippen LogP contribution in [0.5, 0.6) is 0 Å². The molecule has 0 bridgehead atoms. The van der Waals surface area contributed by atoms with Gasteiger partial charge in [0.15, 0.2) is 5.82 Å². The lowest BCUT2D eigenvalue weighted by Crippen LogP contribution is -2.10. The predicted molar refractivity (Wildman–Crippen MR) is 132 cm³/mol. The second-order valence-corrected chi connectivity index (χ2v) is 9.54. The van der Waals surface area contributed by atoms with E-state index in [1.54, 1.807) is 12.7 Å². The fraction of sp³-hybridized carbons (Fsp3) is 0.462. The van der Waals surface area contributed by atoms with Crippen LogP contribution in [0.15, 0.2) is 64.1 Å². The maximum Gasteiger partial charge on any atom is 0.166 e. The monoisotopic (exact) mass is 428 g/mol. The van der Waals surface area contributed by atoms with Gasteiger partial charge in [-0.25, -0.2) is 15.0 Å². The van der Waals surface area contributed by atoms with Crippen molar-refractivity contribution in [1.29, 1.82) is 0 Å². The fourth-order valence-electron chi connectivity index (χ4n) is 5.18. The largest absolute Gasteiger partial charge is 0.369 e. The van der Waals surface area contributed by atoms with Crippen LogP contribution in [-0.2, 0) is 0 Å². The first-order valence-electron chi connectivity index (χ1n) is 11.7. The van der Waals surface area contributed by atoms with Crippen LogP contribution in [-0.4, -0.2) is 45.6 Å². The van der Waals surface area contributed by atoms with E-state index in [1.807, 2.05) is 19.0 Å². The minimum atomic E-state index is 0.481. The molecule has 0 aromatic carbocycles. The van der Waals surface area contributed by atoms with E-state index in [1.165, 1.54) is 37.0 Å². The Hall–Kier alpha value is -3.02. The van der Waals surface area contributed by atoms with Crippen molar-refractivity contribution in [2.45, 2.75) is 51.5 Å². The number of aromatic nitrogens is 3. The quantitative estimate of drug-likeness (QED) is 0.442. The number of aliphatic imine (C=N–C) groups is 2. The van der Waals surface area contributed by atoms with E-state index < -0.39 is 0 Å². The topological polar surface area (TPSA) is 58.7 Å². The van der Waals surface area contributed by atoms with Gasteiger partial charge in [-0.1, -0.05) is 17.7 Å².